The first-order chi connectivity index (χ1) is 8.39. The Kier molecular flexibility index (Phi) is 3.42. The number of hydrogen-bond acceptors (Lipinski definition) is 2. The molecule has 18 heavy (non-hydrogen) atoms. The normalized spacial score (nSPS) is 15.1. The zero-order chi connectivity index (χ0) is 13.3. The number of aromatic nitrogens is 1. The minimum Gasteiger partial charge on any atom is -0.300 e. The van der Waals surface area contributed by atoms with Gasteiger partial charge in [-0.3, -0.25) is 9.69 Å². The molecule has 1 amide bonds. The lowest BCUT2D eigenvalue weighted by Crippen LogP contribution is -2.37. The zero-order valence-corrected chi connectivity index (χ0v) is 11.8. The van der Waals surface area contributed by atoms with Crippen molar-refractivity contribution in [2.24, 2.45) is 5.41 Å². The van der Waals surface area contributed by atoms with Crippen LogP contribution in [0, 0.1) is 5.41 Å². The van der Waals surface area contributed by atoms with Crippen molar-refractivity contribution >= 4 is 11.7 Å². The summed E-state index contributed by atoms with van der Waals surface area (Å²) in [6.45, 7) is 5.80. The second-order valence-corrected chi connectivity index (χ2v) is 6.10. The highest BCUT2D eigenvalue weighted by Crippen LogP contribution is 2.25. The molecule has 0 aliphatic heterocycles. The first-order valence-corrected chi connectivity index (χ1v) is 6.66. The van der Waals surface area contributed by atoms with E-state index in [1.165, 1.54) is 24.1 Å². The van der Waals surface area contributed by atoms with E-state index in [9.17, 15) is 4.79 Å². The summed E-state index contributed by atoms with van der Waals surface area (Å²) in [5.74, 6) is 0.876. The molecule has 0 radical (unpaired) electrons. The maximum Gasteiger partial charge on any atom is 0.233 e. The smallest absolute Gasteiger partial charge is 0.233 e. The van der Waals surface area contributed by atoms with Gasteiger partial charge >= 0.3 is 0 Å². The maximum absolute atomic E-state index is 12.2. The van der Waals surface area contributed by atoms with Gasteiger partial charge in [-0.1, -0.05) is 26.8 Å². The summed E-state index contributed by atoms with van der Waals surface area (Å²) in [6, 6.07) is 4.09. The molecular weight excluding hydrogens is 224 g/mol. The number of aryl methyl sites for hydroxylation is 2. The lowest BCUT2D eigenvalue weighted by Gasteiger charge is -2.26. The zero-order valence-electron chi connectivity index (χ0n) is 11.8. The number of anilines is 1. The van der Waals surface area contributed by atoms with Gasteiger partial charge in [0.25, 0.3) is 0 Å². The molecule has 0 aromatic carbocycles. The van der Waals surface area contributed by atoms with E-state index in [2.05, 4.69) is 11.1 Å². The Bertz CT molecular complexity index is 460. The van der Waals surface area contributed by atoms with Crippen LogP contribution < -0.4 is 4.90 Å². The van der Waals surface area contributed by atoms with Crippen LogP contribution in [0.4, 0.5) is 5.82 Å². The molecule has 0 saturated carbocycles. The van der Waals surface area contributed by atoms with Crippen molar-refractivity contribution in [2.75, 3.05) is 11.9 Å². The van der Waals surface area contributed by atoms with Crippen LogP contribution in [0.25, 0.3) is 0 Å². The van der Waals surface area contributed by atoms with E-state index < -0.39 is 0 Å². The van der Waals surface area contributed by atoms with E-state index in [-0.39, 0.29) is 11.3 Å². The van der Waals surface area contributed by atoms with Crippen LogP contribution in [0.5, 0.6) is 0 Å². The largest absolute Gasteiger partial charge is 0.300 e. The fraction of sp³-hybridized carbons (Fsp3) is 0.600. The first kappa shape index (κ1) is 13.1. The lowest BCUT2D eigenvalue weighted by molar-refractivity contribution is -0.125. The van der Waals surface area contributed by atoms with Crippen molar-refractivity contribution in [1.82, 2.24) is 4.98 Å². The van der Waals surface area contributed by atoms with Crippen LogP contribution in [0.3, 0.4) is 0 Å². The van der Waals surface area contributed by atoms with Gasteiger partial charge in [-0.25, -0.2) is 4.98 Å². The van der Waals surface area contributed by atoms with Crippen molar-refractivity contribution in [2.45, 2.75) is 46.5 Å². The van der Waals surface area contributed by atoms with Gasteiger partial charge in [-0.2, -0.15) is 0 Å². The number of rotatable bonds is 1. The molecule has 3 nitrogen and oxygen atoms in total. The summed E-state index contributed by atoms with van der Waals surface area (Å²) in [4.78, 5) is 18.5. The minimum absolute atomic E-state index is 0.103. The molecule has 2 rings (SSSR count). The predicted octanol–water partition coefficient (Wildman–Crippen LogP) is 2.97. The SMILES string of the molecule is CN(C(=O)C(C)(C)C)c1ccc2c(n1)CCCC2. The van der Waals surface area contributed by atoms with Gasteiger partial charge in [0.2, 0.25) is 5.91 Å². The van der Waals surface area contributed by atoms with Gasteiger partial charge in [0, 0.05) is 18.2 Å². The summed E-state index contributed by atoms with van der Waals surface area (Å²) < 4.78 is 0. The van der Waals surface area contributed by atoms with Gasteiger partial charge in [0.15, 0.2) is 0 Å². The van der Waals surface area contributed by atoms with Gasteiger partial charge in [0.05, 0.1) is 0 Å². The first-order valence-electron chi connectivity index (χ1n) is 6.66. The third-order valence-electron chi connectivity index (χ3n) is 3.45. The van der Waals surface area contributed by atoms with E-state index in [0.717, 1.165) is 18.7 Å². The number of carbonyl (C=O) groups is 1. The Hall–Kier alpha value is -1.38. The Balaban J connectivity index is 2.26. The summed E-state index contributed by atoms with van der Waals surface area (Å²) in [5.41, 5.74) is 2.15. The van der Waals surface area contributed by atoms with Crippen LogP contribution in [-0.2, 0) is 17.6 Å². The van der Waals surface area contributed by atoms with Crippen LogP contribution in [0.1, 0.15) is 44.9 Å². The average molecular weight is 246 g/mol. The fourth-order valence-corrected chi connectivity index (χ4v) is 2.36. The molecule has 1 aromatic rings. The molecule has 0 unspecified atom stereocenters. The third-order valence-corrected chi connectivity index (χ3v) is 3.45. The molecule has 0 fully saturated rings. The fourth-order valence-electron chi connectivity index (χ4n) is 2.36. The molecule has 98 valence electrons. The number of carbonyl (C=O) groups excluding carboxylic acids is 1. The molecule has 3 heteroatoms. The van der Waals surface area contributed by atoms with Crippen molar-refractivity contribution in [1.29, 1.82) is 0 Å². The highest BCUT2D eigenvalue weighted by Gasteiger charge is 2.26. The van der Waals surface area contributed by atoms with Crippen LogP contribution >= 0.6 is 0 Å². The standard InChI is InChI=1S/C15H22N2O/c1-15(2,3)14(18)17(4)13-10-9-11-7-5-6-8-12(11)16-13/h9-10H,5-8H2,1-4H3. The lowest BCUT2D eigenvalue weighted by atomic mass is 9.94. The van der Waals surface area contributed by atoms with E-state index >= 15 is 0 Å². The number of fused-ring (bicyclic) bond motifs is 1. The van der Waals surface area contributed by atoms with E-state index in [1.807, 2.05) is 33.9 Å². The average Bonchev–Trinajstić information content (AvgIpc) is 2.35. The van der Waals surface area contributed by atoms with Crippen molar-refractivity contribution in [3.8, 4) is 0 Å². The van der Waals surface area contributed by atoms with Crippen LogP contribution in [0.15, 0.2) is 12.1 Å². The molecule has 0 bridgehead atoms. The highest BCUT2D eigenvalue weighted by atomic mass is 16.2. The summed E-state index contributed by atoms with van der Waals surface area (Å²) >= 11 is 0. The molecule has 1 aliphatic carbocycles. The summed E-state index contributed by atoms with van der Waals surface area (Å²) in [5, 5.41) is 0. The molecule has 1 aliphatic rings. The highest BCUT2D eigenvalue weighted by molar-refractivity contribution is 5.95. The number of pyridine rings is 1. The van der Waals surface area contributed by atoms with E-state index in [0.29, 0.717) is 0 Å². The quantitative estimate of drug-likeness (QED) is 0.763. The van der Waals surface area contributed by atoms with Crippen molar-refractivity contribution in [3.05, 3.63) is 23.4 Å². The monoisotopic (exact) mass is 246 g/mol. The molecule has 0 N–H and O–H groups in total. The van der Waals surface area contributed by atoms with Gasteiger partial charge in [-0.15, -0.1) is 0 Å². The number of amides is 1. The molecule has 0 atom stereocenters. The van der Waals surface area contributed by atoms with Gasteiger partial charge in [0.1, 0.15) is 5.82 Å². The van der Waals surface area contributed by atoms with Crippen molar-refractivity contribution < 1.29 is 4.79 Å². The Morgan fingerprint density at radius 2 is 1.89 bits per heavy atom. The van der Waals surface area contributed by atoms with E-state index in [4.69, 9.17) is 0 Å². The second kappa shape index (κ2) is 4.71. The Morgan fingerprint density at radius 3 is 2.56 bits per heavy atom. The number of hydrogen-bond donors (Lipinski definition) is 0. The molecule has 1 aromatic heterocycles. The summed E-state index contributed by atoms with van der Waals surface area (Å²) in [7, 11) is 1.81. The number of nitrogens with zero attached hydrogens (tertiary/aromatic N) is 2. The predicted molar refractivity (Wildman–Crippen MR) is 73.7 cm³/mol. The Labute approximate surface area is 109 Å². The summed E-state index contributed by atoms with van der Waals surface area (Å²) in [6.07, 6.45) is 4.63. The van der Waals surface area contributed by atoms with Crippen LogP contribution in [0.2, 0.25) is 0 Å². The third kappa shape index (κ3) is 2.55. The van der Waals surface area contributed by atoms with Gasteiger partial charge in [-0.05, 0) is 37.3 Å². The second-order valence-electron chi connectivity index (χ2n) is 6.10. The van der Waals surface area contributed by atoms with Crippen LogP contribution in [-0.4, -0.2) is 17.9 Å². The molecule has 1 heterocycles. The van der Waals surface area contributed by atoms with Crippen molar-refractivity contribution in [3.63, 3.8) is 0 Å². The Morgan fingerprint density at radius 1 is 1.22 bits per heavy atom. The topological polar surface area (TPSA) is 33.2 Å². The molecule has 0 saturated heterocycles. The molecular formula is C15H22N2O. The molecule has 0 spiro atoms. The minimum atomic E-state index is -0.369. The van der Waals surface area contributed by atoms with E-state index in [1.54, 1.807) is 4.90 Å². The van der Waals surface area contributed by atoms with Gasteiger partial charge < -0.3 is 0 Å². The maximum atomic E-state index is 12.2.